The van der Waals surface area contributed by atoms with Gasteiger partial charge in [-0.05, 0) is 18.6 Å². The standard InChI is InChI=1S/C20H22O5/c1-4-25-18(21)14-20(24-3,15-10-6-5-7-11-15)17-13-9-8-12-16(17)19(22)23-2/h5-13H,4,14H2,1-3H3. The summed E-state index contributed by atoms with van der Waals surface area (Å²) in [4.78, 5) is 24.5. The minimum Gasteiger partial charge on any atom is -0.466 e. The molecule has 0 saturated heterocycles. The Bertz CT molecular complexity index is 726. The first kappa shape index (κ1) is 18.7. The summed E-state index contributed by atoms with van der Waals surface area (Å²) in [6.07, 6.45) is -0.0602. The largest absolute Gasteiger partial charge is 0.466 e. The van der Waals surface area contributed by atoms with Crippen LogP contribution in [0.2, 0.25) is 0 Å². The summed E-state index contributed by atoms with van der Waals surface area (Å²) in [7, 11) is 2.84. The summed E-state index contributed by atoms with van der Waals surface area (Å²) in [5.41, 5.74) is 0.503. The van der Waals surface area contributed by atoms with E-state index >= 15 is 0 Å². The van der Waals surface area contributed by atoms with Crippen LogP contribution in [0.15, 0.2) is 54.6 Å². The van der Waals surface area contributed by atoms with Crippen molar-refractivity contribution in [3.8, 4) is 0 Å². The van der Waals surface area contributed by atoms with E-state index in [4.69, 9.17) is 14.2 Å². The third-order valence-corrected chi connectivity index (χ3v) is 4.05. The Kier molecular flexibility index (Phi) is 6.31. The zero-order chi connectivity index (χ0) is 18.3. The Labute approximate surface area is 147 Å². The molecule has 0 fully saturated rings. The zero-order valence-corrected chi connectivity index (χ0v) is 14.7. The number of hydrogen-bond donors (Lipinski definition) is 0. The average molecular weight is 342 g/mol. The van der Waals surface area contributed by atoms with Gasteiger partial charge in [-0.3, -0.25) is 4.79 Å². The van der Waals surface area contributed by atoms with Gasteiger partial charge < -0.3 is 14.2 Å². The minimum absolute atomic E-state index is 0.0602. The van der Waals surface area contributed by atoms with E-state index in [1.807, 2.05) is 30.3 Å². The molecule has 1 atom stereocenters. The molecule has 25 heavy (non-hydrogen) atoms. The van der Waals surface area contributed by atoms with Crippen molar-refractivity contribution in [1.82, 2.24) is 0 Å². The highest BCUT2D eigenvalue weighted by Crippen LogP contribution is 2.39. The topological polar surface area (TPSA) is 61.8 Å². The van der Waals surface area contributed by atoms with E-state index in [0.29, 0.717) is 11.1 Å². The van der Waals surface area contributed by atoms with Crippen molar-refractivity contribution < 1.29 is 23.8 Å². The number of carbonyl (C=O) groups excluding carboxylic acids is 2. The lowest BCUT2D eigenvalue weighted by Gasteiger charge is -2.34. The van der Waals surface area contributed by atoms with Crippen LogP contribution >= 0.6 is 0 Å². The second-order valence-electron chi connectivity index (χ2n) is 5.42. The van der Waals surface area contributed by atoms with Gasteiger partial charge >= 0.3 is 11.9 Å². The molecule has 0 aromatic heterocycles. The summed E-state index contributed by atoms with van der Waals surface area (Å²) >= 11 is 0. The predicted molar refractivity (Wildman–Crippen MR) is 93.3 cm³/mol. The molecule has 0 N–H and O–H groups in total. The van der Waals surface area contributed by atoms with Gasteiger partial charge in [0.2, 0.25) is 0 Å². The van der Waals surface area contributed by atoms with Crippen LogP contribution in [0.1, 0.15) is 34.8 Å². The number of ether oxygens (including phenoxy) is 3. The van der Waals surface area contributed by atoms with Crippen LogP contribution in [0, 0.1) is 0 Å². The fourth-order valence-electron chi connectivity index (χ4n) is 2.90. The average Bonchev–Trinajstić information content (AvgIpc) is 2.66. The van der Waals surface area contributed by atoms with Gasteiger partial charge in [-0.1, -0.05) is 48.5 Å². The maximum absolute atomic E-state index is 12.3. The van der Waals surface area contributed by atoms with E-state index < -0.39 is 17.5 Å². The number of carbonyl (C=O) groups is 2. The molecule has 0 aliphatic carbocycles. The van der Waals surface area contributed by atoms with E-state index in [2.05, 4.69) is 0 Å². The second-order valence-corrected chi connectivity index (χ2v) is 5.42. The molecule has 0 aliphatic rings. The van der Waals surface area contributed by atoms with Crippen molar-refractivity contribution in [2.45, 2.75) is 18.9 Å². The van der Waals surface area contributed by atoms with Crippen molar-refractivity contribution in [2.75, 3.05) is 20.8 Å². The lowest BCUT2D eigenvalue weighted by Crippen LogP contribution is -2.35. The highest BCUT2D eigenvalue weighted by atomic mass is 16.5. The quantitative estimate of drug-likeness (QED) is 0.723. The molecular weight excluding hydrogens is 320 g/mol. The van der Waals surface area contributed by atoms with E-state index in [1.54, 1.807) is 31.2 Å². The zero-order valence-electron chi connectivity index (χ0n) is 14.7. The highest BCUT2D eigenvalue weighted by Gasteiger charge is 2.40. The van der Waals surface area contributed by atoms with Crippen LogP contribution < -0.4 is 0 Å². The van der Waals surface area contributed by atoms with Gasteiger partial charge in [-0.25, -0.2) is 4.79 Å². The third-order valence-electron chi connectivity index (χ3n) is 4.05. The molecule has 2 aromatic carbocycles. The fraction of sp³-hybridized carbons (Fsp3) is 0.300. The van der Waals surface area contributed by atoms with Gasteiger partial charge in [-0.2, -0.15) is 0 Å². The lowest BCUT2D eigenvalue weighted by molar-refractivity contribution is -0.148. The van der Waals surface area contributed by atoms with E-state index in [0.717, 1.165) is 5.56 Å². The fourth-order valence-corrected chi connectivity index (χ4v) is 2.90. The summed E-state index contributed by atoms with van der Waals surface area (Å²) in [6, 6.07) is 16.3. The molecule has 0 bridgehead atoms. The molecule has 5 heteroatoms. The van der Waals surface area contributed by atoms with Crippen molar-refractivity contribution in [2.24, 2.45) is 0 Å². The van der Waals surface area contributed by atoms with Gasteiger partial charge in [0.05, 0.1) is 25.7 Å². The molecule has 0 heterocycles. The highest BCUT2D eigenvalue weighted by molar-refractivity contribution is 5.92. The maximum Gasteiger partial charge on any atom is 0.338 e. The molecule has 0 aliphatic heterocycles. The van der Waals surface area contributed by atoms with Crippen LogP contribution in [0.4, 0.5) is 0 Å². The molecular formula is C20H22O5. The molecule has 132 valence electrons. The van der Waals surface area contributed by atoms with Crippen molar-refractivity contribution >= 4 is 11.9 Å². The molecule has 0 radical (unpaired) electrons. The number of hydrogen-bond acceptors (Lipinski definition) is 5. The SMILES string of the molecule is CCOC(=O)CC(OC)(c1ccccc1)c1ccccc1C(=O)OC. The Morgan fingerprint density at radius 3 is 2.20 bits per heavy atom. The molecule has 1 unspecified atom stereocenters. The Hall–Kier alpha value is -2.66. The smallest absolute Gasteiger partial charge is 0.338 e. The first-order valence-electron chi connectivity index (χ1n) is 8.03. The lowest BCUT2D eigenvalue weighted by atomic mass is 9.80. The third kappa shape index (κ3) is 3.88. The van der Waals surface area contributed by atoms with Gasteiger partial charge in [0, 0.05) is 12.7 Å². The van der Waals surface area contributed by atoms with Crippen molar-refractivity contribution in [3.63, 3.8) is 0 Å². The van der Waals surface area contributed by atoms with Gasteiger partial charge in [0.15, 0.2) is 0 Å². The monoisotopic (exact) mass is 342 g/mol. The molecule has 0 amide bonds. The summed E-state index contributed by atoms with van der Waals surface area (Å²) in [5, 5.41) is 0. The Morgan fingerprint density at radius 2 is 1.60 bits per heavy atom. The van der Waals surface area contributed by atoms with E-state index in [9.17, 15) is 9.59 Å². The molecule has 5 nitrogen and oxygen atoms in total. The normalized spacial score (nSPS) is 12.9. The number of methoxy groups -OCH3 is 2. The summed E-state index contributed by atoms with van der Waals surface area (Å²) in [5.74, 6) is -0.898. The first-order valence-corrected chi connectivity index (χ1v) is 8.03. The van der Waals surface area contributed by atoms with E-state index in [-0.39, 0.29) is 13.0 Å². The Morgan fingerprint density at radius 1 is 0.960 bits per heavy atom. The molecule has 0 saturated carbocycles. The van der Waals surface area contributed by atoms with E-state index in [1.165, 1.54) is 14.2 Å². The van der Waals surface area contributed by atoms with Gasteiger partial charge in [0.25, 0.3) is 0 Å². The molecule has 2 rings (SSSR count). The summed E-state index contributed by atoms with van der Waals surface area (Å²) < 4.78 is 15.9. The van der Waals surface area contributed by atoms with Crippen LogP contribution in [0.3, 0.4) is 0 Å². The number of benzene rings is 2. The summed E-state index contributed by atoms with van der Waals surface area (Å²) in [6.45, 7) is 2.02. The first-order chi connectivity index (χ1) is 12.1. The number of rotatable bonds is 7. The maximum atomic E-state index is 12.3. The molecule has 0 spiro atoms. The van der Waals surface area contributed by atoms with Gasteiger partial charge in [0.1, 0.15) is 5.60 Å². The van der Waals surface area contributed by atoms with Crippen LogP contribution in [-0.4, -0.2) is 32.8 Å². The molecule has 2 aromatic rings. The van der Waals surface area contributed by atoms with Crippen molar-refractivity contribution in [1.29, 1.82) is 0 Å². The minimum atomic E-state index is -1.15. The van der Waals surface area contributed by atoms with Crippen LogP contribution in [-0.2, 0) is 24.6 Å². The van der Waals surface area contributed by atoms with Crippen LogP contribution in [0.25, 0.3) is 0 Å². The van der Waals surface area contributed by atoms with Gasteiger partial charge in [-0.15, -0.1) is 0 Å². The Balaban J connectivity index is 2.67. The van der Waals surface area contributed by atoms with Crippen molar-refractivity contribution in [3.05, 3.63) is 71.3 Å². The number of esters is 2. The van der Waals surface area contributed by atoms with Crippen LogP contribution in [0.5, 0.6) is 0 Å². The predicted octanol–water partition coefficient (Wildman–Crippen LogP) is 3.32. The second kappa shape index (κ2) is 8.44.